The third kappa shape index (κ3) is 1.54. The Kier molecular flexibility index (Phi) is 2.82. The molecule has 1 N–H and O–H groups in total. The zero-order valence-electron chi connectivity index (χ0n) is 8.90. The summed E-state index contributed by atoms with van der Waals surface area (Å²) >= 11 is 0. The van der Waals surface area contributed by atoms with E-state index in [2.05, 4.69) is 22.3 Å². The summed E-state index contributed by atoms with van der Waals surface area (Å²) < 4.78 is 2.01. The van der Waals surface area contributed by atoms with Gasteiger partial charge in [0.15, 0.2) is 0 Å². The van der Waals surface area contributed by atoms with Gasteiger partial charge in [-0.25, -0.2) is 4.98 Å². The van der Waals surface area contributed by atoms with E-state index in [0.717, 1.165) is 12.4 Å². The molecule has 0 bridgehead atoms. The van der Waals surface area contributed by atoms with Crippen LogP contribution >= 0.6 is 0 Å². The monoisotopic (exact) mass is 194 g/mol. The van der Waals surface area contributed by atoms with Crippen molar-refractivity contribution < 1.29 is 0 Å². The van der Waals surface area contributed by atoms with Crippen molar-refractivity contribution in [1.82, 2.24) is 20.1 Å². The molecule has 2 unspecified atom stereocenters. The molecule has 0 aromatic carbocycles. The van der Waals surface area contributed by atoms with Crippen molar-refractivity contribution in [3.05, 3.63) is 12.2 Å². The van der Waals surface area contributed by atoms with E-state index in [-0.39, 0.29) is 0 Å². The highest BCUT2D eigenvalue weighted by molar-refractivity contribution is 5.04. The largest absolute Gasteiger partial charge is 0.316 e. The Hall–Kier alpha value is -0.900. The first kappa shape index (κ1) is 9.65. The van der Waals surface area contributed by atoms with Crippen LogP contribution in [0.1, 0.15) is 37.9 Å². The summed E-state index contributed by atoms with van der Waals surface area (Å²) in [7, 11) is 2.04. The highest BCUT2D eigenvalue weighted by Crippen LogP contribution is 2.32. The maximum absolute atomic E-state index is 4.38. The SMILES string of the molecule is CCn1ncnc1C1CCCC1NC. The first-order chi connectivity index (χ1) is 6.86. The lowest BCUT2D eigenvalue weighted by Gasteiger charge is -2.18. The van der Waals surface area contributed by atoms with Gasteiger partial charge in [0.25, 0.3) is 0 Å². The Morgan fingerprint density at radius 3 is 3.14 bits per heavy atom. The van der Waals surface area contributed by atoms with Crippen LogP contribution in [0.5, 0.6) is 0 Å². The van der Waals surface area contributed by atoms with Crippen LogP contribution in [0.2, 0.25) is 0 Å². The molecular weight excluding hydrogens is 176 g/mol. The molecule has 2 rings (SSSR count). The first-order valence-corrected chi connectivity index (χ1v) is 5.41. The van der Waals surface area contributed by atoms with Crippen molar-refractivity contribution in [2.24, 2.45) is 0 Å². The second kappa shape index (κ2) is 4.09. The van der Waals surface area contributed by atoms with Crippen LogP contribution < -0.4 is 5.32 Å². The summed E-state index contributed by atoms with van der Waals surface area (Å²) in [5, 5.41) is 7.60. The Morgan fingerprint density at radius 1 is 1.57 bits per heavy atom. The molecule has 0 aliphatic heterocycles. The van der Waals surface area contributed by atoms with Crippen LogP contribution in [0.3, 0.4) is 0 Å². The summed E-state index contributed by atoms with van der Waals surface area (Å²) in [5.41, 5.74) is 0. The molecule has 1 aliphatic carbocycles. The van der Waals surface area contributed by atoms with Crippen LogP contribution in [0.25, 0.3) is 0 Å². The molecule has 1 heterocycles. The van der Waals surface area contributed by atoms with Gasteiger partial charge in [0, 0.05) is 18.5 Å². The molecule has 1 aliphatic rings. The number of likely N-dealkylation sites (N-methyl/N-ethyl adjacent to an activating group) is 1. The number of hydrogen-bond donors (Lipinski definition) is 1. The standard InChI is InChI=1S/C10H18N4/c1-3-14-10(12-7-13-14)8-5-4-6-9(8)11-2/h7-9,11H,3-6H2,1-2H3. The summed E-state index contributed by atoms with van der Waals surface area (Å²) in [5.74, 6) is 1.71. The average molecular weight is 194 g/mol. The van der Waals surface area contributed by atoms with Crippen molar-refractivity contribution in [3.63, 3.8) is 0 Å². The van der Waals surface area contributed by atoms with E-state index < -0.39 is 0 Å². The van der Waals surface area contributed by atoms with Crippen LogP contribution in [0, 0.1) is 0 Å². The van der Waals surface area contributed by atoms with Crippen LogP contribution in [0.4, 0.5) is 0 Å². The maximum atomic E-state index is 4.38. The van der Waals surface area contributed by atoms with Gasteiger partial charge in [-0.15, -0.1) is 0 Å². The second-order valence-electron chi connectivity index (χ2n) is 3.87. The van der Waals surface area contributed by atoms with E-state index in [1.165, 1.54) is 19.3 Å². The van der Waals surface area contributed by atoms with Crippen LogP contribution in [-0.4, -0.2) is 27.9 Å². The van der Waals surface area contributed by atoms with Gasteiger partial charge in [-0.2, -0.15) is 5.10 Å². The lowest BCUT2D eigenvalue weighted by atomic mass is 10.0. The van der Waals surface area contributed by atoms with Crippen molar-refractivity contribution in [3.8, 4) is 0 Å². The minimum Gasteiger partial charge on any atom is -0.316 e. The maximum Gasteiger partial charge on any atom is 0.138 e. The van der Waals surface area contributed by atoms with E-state index in [4.69, 9.17) is 0 Å². The lowest BCUT2D eigenvalue weighted by molar-refractivity contribution is 0.472. The Labute approximate surface area is 84.7 Å². The molecule has 78 valence electrons. The van der Waals surface area contributed by atoms with Gasteiger partial charge in [0.1, 0.15) is 12.2 Å². The van der Waals surface area contributed by atoms with Crippen molar-refractivity contribution in [2.75, 3.05) is 7.05 Å². The fourth-order valence-corrected chi connectivity index (χ4v) is 2.42. The minimum atomic E-state index is 0.558. The summed E-state index contributed by atoms with van der Waals surface area (Å²) in [4.78, 5) is 4.38. The fourth-order valence-electron chi connectivity index (χ4n) is 2.42. The quantitative estimate of drug-likeness (QED) is 0.785. The first-order valence-electron chi connectivity index (χ1n) is 5.41. The third-order valence-electron chi connectivity index (χ3n) is 3.16. The Balaban J connectivity index is 2.21. The molecule has 0 radical (unpaired) electrons. The van der Waals surface area contributed by atoms with Crippen molar-refractivity contribution in [2.45, 2.75) is 44.7 Å². The second-order valence-corrected chi connectivity index (χ2v) is 3.87. The van der Waals surface area contributed by atoms with Crippen LogP contribution in [0.15, 0.2) is 6.33 Å². The predicted molar refractivity (Wildman–Crippen MR) is 55.1 cm³/mol. The van der Waals surface area contributed by atoms with Crippen LogP contribution in [-0.2, 0) is 6.54 Å². The molecule has 4 heteroatoms. The zero-order chi connectivity index (χ0) is 9.97. The highest BCUT2D eigenvalue weighted by atomic mass is 15.3. The minimum absolute atomic E-state index is 0.558. The van der Waals surface area contributed by atoms with E-state index >= 15 is 0 Å². The number of hydrogen-bond acceptors (Lipinski definition) is 3. The van der Waals surface area contributed by atoms with Gasteiger partial charge in [0.05, 0.1) is 0 Å². The molecule has 1 fully saturated rings. The number of aryl methyl sites for hydroxylation is 1. The van der Waals surface area contributed by atoms with Crippen molar-refractivity contribution >= 4 is 0 Å². The molecule has 2 atom stereocenters. The highest BCUT2D eigenvalue weighted by Gasteiger charge is 2.30. The predicted octanol–water partition coefficient (Wildman–Crippen LogP) is 1.15. The molecular formula is C10H18N4. The number of rotatable bonds is 3. The topological polar surface area (TPSA) is 42.7 Å². The van der Waals surface area contributed by atoms with Crippen molar-refractivity contribution in [1.29, 1.82) is 0 Å². The van der Waals surface area contributed by atoms with E-state index in [9.17, 15) is 0 Å². The van der Waals surface area contributed by atoms with Gasteiger partial charge >= 0.3 is 0 Å². The normalized spacial score (nSPS) is 27.0. The molecule has 4 nitrogen and oxygen atoms in total. The van der Waals surface area contributed by atoms with Gasteiger partial charge in [-0.05, 0) is 26.8 Å². The number of aromatic nitrogens is 3. The molecule has 14 heavy (non-hydrogen) atoms. The smallest absolute Gasteiger partial charge is 0.138 e. The fraction of sp³-hybridized carbons (Fsp3) is 0.800. The van der Waals surface area contributed by atoms with Gasteiger partial charge in [-0.1, -0.05) is 6.42 Å². The molecule has 1 aromatic heterocycles. The lowest BCUT2D eigenvalue weighted by Crippen LogP contribution is -2.29. The number of nitrogens with zero attached hydrogens (tertiary/aromatic N) is 3. The molecule has 0 spiro atoms. The summed E-state index contributed by atoms with van der Waals surface area (Å²) in [6, 6.07) is 0.587. The Bertz CT molecular complexity index is 294. The van der Waals surface area contributed by atoms with Gasteiger partial charge in [-0.3, -0.25) is 4.68 Å². The molecule has 1 saturated carbocycles. The number of nitrogens with one attached hydrogen (secondary N) is 1. The third-order valence-corrected chi connectivity index (χ3v) is 3.16. The average Bonchev–Trinajstić information content (AvgIpc) is 2.85. The molecule has 0 saturated heterocycles. The van der Waals surface area contributed by atoms with Gasteiger partial charge < -0.3 is 5.32 Å². The Morgan fingerprint density at radius 2 is 2.43 bits per heavy atom. The molecule has 0 amide bonds. The van der Waals surface area contributed by atoms with E-state index in [0.29, 0.717) is 12.0 Å². The summed E-state index contributed by atoms with van der Waals surface area (Å²) in [6.45, 7) is 3.03. The van der Waals surface area contributed by atoms with Gasteiger partial charge in [0.2, 0.25) is 0 Å². The summed E-state index contributed by atoms with van der Waals surface area (Å²) in [6.07, 6.45) is 5.47. The van der Waals surface area contributed by atoms with E-state index in [1.807, 2.05) is 11.7 Å². The zero-order valence-corrected chi connectivity index (χ0v) is 8.90. The molecule has 1 aromatic rings. The van der Waals surface area contributed by atoms with E-state index in [1.54, 1.807) is 6.33 Å².